The van der Waals surface area contributed by atoms with Crippen LogP contribution in [0.4, 0.5) is 0 Å². The third-order valence-electron chi connectivity index (χ3n) is 4.85. The van der Waals surface area contributed by atoms with Gasteiger partial charge in [-0.15, -0.1) is 0 Å². The van der Waals surface area contributed by atoms with Crippen molar-refractivity contribution in [3.63, 3.8) is 0 Å². The van der Waals surface area contributed by atoms with Crippen molar-refractivity contribution >= 4 is 11.9 Å². The van der Waals surface area contributed by atoms with Crippen LogP contribution in [0.15, 0.2) is 0 Å². The average Bonchev–Trinajstić information content (AvgIpc) is 2.70. The number of hydrogen-bond acceptors (Lipinski definition) is 3. The standard InChI is InChI=1S/C21H42O2.C3H6O2/c1-3-5-6-7-8-9-10-11-12-13-14-15-16-17-18-19-20-23-21(22)4-2;1-2-3(4)5/h3-20H2,1-2H3;2H2,1H3,(H,4,5). The van der Waals surface area contributed by atoms with Crippen LogP contribution in [0.2, 0.25) is 0 Å². The lowest BCUT2D eigenvalue weighted by atomic mass is 10.0. The molecule has 0 spiro atoms. The molecule has 0 rings (SSSR count). The number of carboxylic acids is 1. The average molecular weight is 401 g/mol. The van der Waals surface area contributed by atoms with Gasteiger partial charge in [-0.1, -0.05) is 117 Å². The highest BCUT2D eigenvalue weighted by Crippen LogP contribution is 2.13. The van der Waals surface area contributed by atoms with Crippen molar-refractivity contribution in [3.8, 4) is 0 Å². The molecule has 168 valence electrons. The molecule has 0 aromatic carbocycles. The Hall–Kier alpha value is -1.06. The van der Waals surface area contributed by atoms with Crippen molar-refractivity contribution in [1.29, 1.82) is 0 Å². The first kappa shape index (κ1) is 29.1. The Bertz CT molecular complexity index is 329. The number of rotatable bonds is 19. The molecule has 0 fully saturated rings. The Morgan fingerprint density at radius 3 is 1.18 bits per heavy atom. The number of ether oxygens (including phenoxy) is 1. The number of carbonyl (C=O) groups is 2. The zero-order chi connectivity index (χ0) is 21.3. The first-order chi connectivity index (χ1) is 13.6. The molecule has 0 aliphatic carbocycles. The molecule has 0 unspecified atom stereocenters. The lowest BCUT2D eigenvalue weighted by Gasteiger charge is -2.04. The van der Waals surface area contributed by atoms with Gasteiger partial charge in [0.05, 0.1) is 6.61 Å². The minimum absolute atomic E-state index is 0.0639. The molecule has 0 radical (unpaired) electrons. The minimum Gasteiger partial charge on any atom is -0.481 e. The molecule has 0 amide bonds. The summed E-state index contributed by atoms with van der Waals surface area (Å²) < 4.78 is 5.07. The van der Waals surface area contributed by atoms with Crippen molar-refractivity contribution in [2.45, 2.75) is 136 Å². The van der Waals surface area contributed by atoms with E-state index in [1.807, 2.05) is 6.92 Å². The van der Waals surface area contributed by atoms with Gasteiger partial charge in [-0.25, -0.2) is 0 Å². The number of unbranched alkanes of at least 4 members (excludes halogenated alkanes) is 15. The van der Waals surface area contributed by atoms with Crippen LogP contribution in [0.1, 0.15) is 136 Å². The molecule has 28 heavy (non-hydrogen) atoms. The van der Waals surface area contributed by atoms with Crippen molar-refractivity contribution in [2.75, 3.05) is 6.61 Å². The Kier molecular flexibility index (Phi) is 27.0. The fourth-order valence-electron chi connectivity index (χ4n) is 2.94. The largest absolute Gasteiger partial charge is 0.481 e. The molecule has 0 aromatic heterocycles. The molecule has 0 aromatic rings. The maximum absolute atomic E-state index is 10.9. The number of esters is 1. The first-order valence-electron chi connectivity index (χ1n) is 12.0. The van der Waals surface area contributed by atoms with Gasteiger partial charge in [0, 0.05) is 12.8 Å². The maximum atomic E-state index is 10.9. The van der Waals surface area contributed by atoms with Crippen molar-refractivity contribution in [1.82, 2.24) is 0 Å². The highest BCUT2D eigenvalue weighted by atomic mass is 16.5. The van der Waals surface area contributed by atoms with E-state index in [9.17, 15) is 9.59 Å². The quantitative estimate of drug-likeness (QED) is 0.178. The van der Waals surface area contributed by atoms with E-state index in [0.29, 0.717) is 13.0 Å². The fourth-order valence-corrected chi connectivity index (χ4v) is 2.94. The van der Waals surface area contributed by atoms with Crippen LogP contribution in [0, 0.1) is 0 Å². The highest BCUT2D eigenvalue weighted by molar-refractivity contribution is 5.68. The predicted molar refractivity (Wildman–Crippen MR) is 119 cm³/mol. The summed E-state index contributed by atoms with van der Waals surface area (Å²) in [5, 5.41) is 7.72. The zero-order valence-electron chi connectivity index (χ0n) is 19.1. The second-order valence-electron chi connectivity index (χ2n) is 7.62. The summed E-state index contributed by atoms with van der Waals surface area (Å²) >= 11 is 0. The van der Waals surface area contributed by atoms with Gasteiger partial charge in [-0.2, -0.15) is 0 Å². The highest BCUT2D eigenvalue weighted by Gasteiger charge is 1.97. The number of hydrogen-bond donors (Lipinski definition) is 1. The van der Waals surface area contributed by atoms with Crippen LogP contribution >= 0.6 is 0 Å². The molecule has 0 atom stereocenters. The molecule has 0 heterocycles. The minimum atomic E-state index is -0.745. The van der Waals surface area contributed by atoms with E-state index in [1.165, 1.54) is 96.3 Å². The van der Waals surface area contributed by atoms with Crippen LogP contribution in [-0.4, -0.2) is 23.7 Å². The lowest BCUT2D eigenvalue weighted by Crippen LogP contribution is -2.03. The van der Waals surface area contributed by atoms with E-state index in [0.717, 1.165) is 6.42 Å². The predicted octanol–water partition coefficient (Wildman–Crippen LogP) is 7.68. The number of aliphatic carboxylic acids is 1. The van der Waals surface area contributed by atoms with Crippen molar-refractivity contribution in [3.05, 3.63) is 0 Å². The monoisotopic (exact) mass is 400 g/mol. The first-order valence-corrected chi connectivity index (χ1v) is 12.0. The van der Waals surface area contributed by atoms with Crippen molar-refractivity contribution < 1.29 is 19.4 Å². The second kappa shape index (κ2) is 25.9. The molecule has 0 aliphatic rings. The summed E-state index contributed by atoms with van der Waals surface area (Å²) in [7, 11) is 0. The summed E-state index contributed by atoms with van der Waals surface area (Å²) in [5.74, 6) is -0.809. The normalized spacial score (nSPS) is 10.2. The molecule has 0 saturated carbocycles. The van der Waals surface area contributed by atoms with Gasteiger partial charge in [-0.3, -0.25) is 9.59 Å². The van der Waals surface area contributed by atoms with Crippen LogP contribution in [-0.2, 0) is 14.3 Å². The number of carbonyl (C=O) groups excluding carboxylic acids is 1. The van der Waals surface area contributed by atoms with E-state index in [-0.39, 0.29) is 12.4 Å². The summed E-state index contributed by atoms with van der Waals surface area (Å²) in [6.45, 7) is 6.34. The topological polar surface area (TPSA) is 63.6 Å². The van der Waals surface area contributed by atoms with E-state index in [1.54, 1.807) is 6.92 Å². The Balaban J connectivity index is 0. The van der Waals surface area contributed by atoms with Gasteiger partial charge in [0.15, 0.2) is 0 Å². The molecule has 0 aliphatic heterocycles. The van der Waals surface area contributed by atoms with Gasteiger partial charge in [0.25, 0.3) is 0 Å². The third kappa shape index (κ3) is 29.7. The van der Waals surface area contributed by atoms with Gasteiger partial charge < -0.3 is 9.84 Å². The summed E-state index contributed by atoms with van der Waals surface area (Å²) in [6, 6.07) is 0. The third-order valence-corrected chi connectivity index (χ3v) is 4.85. The van der Waals surface area contributed by atoms with Crippen LogP contribution in [0.25, 0.3) is 0 Å². The molecule has 4 heteroatoms. The number of carboxylic acid groups (broad SMARTS) is 1. The molecule has 0 bridgehead atoms. The van der Waals surface area contributed by atoms with E-state index in [2.05, 4.69) is 6.92 Å². The molecule has 4 nitrogen and oxygen atoms in total. The van der Waals surface area contributed by atoms with Gasteiger partial charge >= 0.3 is 11.9 Å². The van der Waals surface area contributed by atoms with E-state index >= 15 is 0 Å². The lowest BCUT2D eigenvalue weighted by molar-refractivity contribution is -0.143. The van der Waals surface area contributed by atoms with Crippen LogP contribution in [0.3, 0.4) is 0 Å². The Morgan fingerprint density at radius 1 is 0.571 bits per heavy atom. The molecular weight excluding hydrogens is 352 g/mol. The maximum Gasteiger partial charge on any atom is 0.305 e. The van der Waals surface area contributed by atoms with Crippen LogP contribution in [0.5, 0.6) is 0 Å². The summed E-state index contributed by atoms with van der Waals surface area (Å²) in [4.78, 5) is 20.3. The molecular formula is C24H48O4. The second-order valence-corrected chi connectivity index (χ2v) is 7.62. The van der Waals surface area contributed by atoms with Gasteiger partial charge in [0.2, 0.25) is 0 Å². The fraction of sp³-hybridized carbons (Fsp3) is 0.917. The summed E-state index contributed by atoms with van der Waals surface area (Å²) in [6.07, 6.45) is 22.7. The Labute approximate surface area is 174 Å². The summed E-state index contributed by atoms with van der Waals surface area (Å²) in [5.41, 5.74) is 0. The van der Waals surface area contributed by atoms with Crippen molar-refractivity contribution in [2.24, 2.45) is 0 Å². The Morgan fingerprint density at radius 2 is 0.893 bits per heavy atom. The smallest absolute Gasteiger partial charge is 0.305 e. The van der Waals surface area contributed by atoms with Gasteiger partial charge in [-0.05, 0) is 6.42 Å². The van der Waals surface area contributed by atoms with E-state index in [4.69, 9.17) is 9.84 Å². The van der Waals surface area contributed by atoms with Crippen LogP contribution < -0.4 is 0 Å². The zero-order valence-corrected chi connectivity index (χ0v) is 19.1. The van der Waals surface area contributed by atoms with Gasteiger partial charge in [0.1, 0.15) is 0 Å². The molecule has 0 saturated heterocycles. The van der Waals surface area contributed by atoms with E-state index < -0.39 is 5.97 Å². The molecule has 1 N–H and O–H groups in total. The SMILES string of the molecule is CCC(=O)O.CCCCCCCCCCCCCCCCCCOC(=O)CC.